The van der Waals surface area contributed by atoms with Gasteiger partial charge in [0.25, 0.3) is 11.7 Å². The molecule has 1 aromatic rings. The molecule has 4 rings (SSSR count). The zero-order valence-electron chi connectivity index (χ0n) is 15.5. The van der Waals surface area contributed by atoms with Gasteiger partial charge >= 0.3 is 6.03 Å². The van der Waals surface area contributed by atoms with Crippen LogP contribution in [0.2, 0.25) is 0 Å². The van der Waals surface area contributed by atoms with Crippen LogP contribution in [0.5, 0.6) is 0 Å². The molecule has 1 spiro atoms. The molecule has 1 aromatic heterocycles. The summed E-state index contributed by atoms with van der Waals surface area (Å²) in [7, 11) is 0. The van der Waals surface area contributed by atoms with E-state index in [0.717, 1.165) is 57.7 Å². The van der Waals surface area contributed by atoms with E-state index in [9.17, 15) is 9.59 Å². The first-order valence-electron chi connectivity index (χ1n) is 9.79. The Balaban J connectivity index is 1.38. The van der Waals surface area contributed by atoms with Gasteiger partial charge in [-0.1, -0.05) is 25.8 Å². The zero-order chi connectivity index (χ0) is 18.1. The van der Waals surface area contributed by atoms with E-state index in [1.165, 1.54) is 9.80 Å². The lowest BCUT2D eigenvalue weighted by atomic mass is 9.73. The monoisotopic (exact) mass is 359 g/mol. The van der Waals surface area contributed by atoms with Crippen molar-refractivity contribution in [2.75, 3.05) is 37.7 Å². The fourth-order valence-electron chi connectivity index (χ4n) is 4.67. The molecule has 1 saturated carbocycles. The summed E-state index contributed by atoms with van der Waals surface area (Å²) in [6.07, 6.45) is 5.90. The van der Waals surface area contributed by atoms with Crippen molar-refractivity contribution in [2.45, 2.75) is 38.1 Å². The maximum atomic E-state index is 13.1. The van der Waals surface area contributed by atoms with Crippen molar-refractivity contribution in [1.82, 2.24) is 10.2 Å². The average Bonchev–Trinajstić information content (AvgIpc) is 2.90. The number of carbonyl (C=O) groups excluding carboxylic acids is 2. The number of urea groups is 1. The number of anilines is 1. The largest absolute Gasteiger partial charge is 0.329 e. The number of amides is 3. The number of rotatable bonds is 3. The quantitative estimate of drug-likeness (QED) is 0.726. The third kappa shape index (κ3) is 2.94. The Morgan fingerprint density at radius 2 is 2.08 bits per heavy atom. The first-order chi connectivity index (χ1) is 12.6. The normalized spacial score (nSPS) is 30.1. The number of H-pyrrole nitrogens is 1. The molecule has 0 unspecified atom stereocenters. The number of imide groups is 1. The van der Waals surface area contributed by atoms with E-state index in [0.29, 0.717) is 6.67 Å². The van der Waals surface area contributed by atoms with Crippen molar-refractivity contribution < 1.29 is 19.5 Å². The maximum absolute atomic E-state index is 13.1. The van der Waals surface area contributed by atoms with Gasteiger partial charge in [0, 0.05) is 6.07 Å². The van der Waals surface area contributed by atoms with Gasteiger partial charge in [-0.15, -0.1) is 0 Å². The molecule has 3 heterocycles. The Morgan fingerprint density at radius 3 is 2.77 bits per heavy atom. The summed E-state index contributed by atoms with van der Waals surface area (Å²) in [5.41, 5.74) is -0.643. The third-order valence-electron chi connectivity index (χ3n) is 6.39. The Kier molecular flexibility index (Phi) is 4.56. The Morgan fingerprint density at radius 1 is 1.27 bits per heavy atom. The summed E-state index contributed by atoms with van der Waals surface area (Å²) in [4.78, 5) is 34.0. The summed E-state index contributed by atoms with van der Waals surface area (Å²) < 4.78 is 0. The average molecular weight is 359 g/mol. The van der Waals surface area contributed by atoms with Crippen LogP contribution in [0.4, 0.5) is 10.6 Å². The SMILES string of the molecule is C[C@H]1CCCC[C@@]12NC(=O)N(C[NH+]1CCN(c3cccc[nH+]3)CC1)C2=O. The van der Waals surface area contributed by atoms with Crippen molar-refractivity contribution in [3.8, 4) is 0 Å². The summed E-state index contributed by atoms with van der Waals surface area (Å²) in [5.74, 6) is 1.34. The lowest BCUT2D eigenvalue weighted by Crippen LogP contribution is -3.16. The highest BCUT2D eigenvalue weighted by atomic mass is 16.2. The number of pyridine rings is 1. The number of nitrogens with zero attached hydrogens (tertiary/aromatic N) is 2. The highest BCUT2D eigenvalue weighted by Crippen LogP contribution is 2.37. The minimum Gasteiger partial charge on any atom is -0.323 e. The Hall–Kier alpha value is -2.15. The lowest BCUT2D eigenvalue weighted by Gasteiger charge is -2.37. The van der Waals surface area contributed by atoms with E-state index in [-0.39, 0.29) is 17.9 Å². The van der Waals surface area contributed by atoms with Gasteiger partial charge in [0.05, 0.1) is 6.20 Å². The molecule has 3 N–H and O–H groups in total. The van der Waals surface area contributed by atoms with Crippen LogP contribution in [0.25, 0.3) is 0 Å². The first-order valence-corrected chi connectivity index (χ1v) is 9.79. The molecule has 3 aliphatic rings. The summed E-state index contributed by atoms with van der Waals surface area (Å²) >= 11 is 0. The molecule has 0 aromatic carbocycles. The fourth-order valence-corrected chi connectivity index (χ4v) is 4.67. The van der Waals surface area contributed by atoms with Crippen molar-refractivity contribution in [3.05, 3.63) is 24.4 Å². The molecule has 3 fully saturated rings. The van der Waals surface area contributed by atoms with Crippen molar-refractivity contribution in [1.29, 1.82) is 0 Å². The van der Waals surface area contributed by atoms with Gasteiger partial charge in [0.1, 0.15) is 31.7 Å². The number of nitrogens with one attached hydrogen (secondary N) is 3. The predicted octanol–water partition coefficient (Wildman–Crippen LogP) is -0.336. The van der Waals surface area contributed by atoms with E-state index in [4.69, 9.17) is 0 Å². The predicted molar refractivity (Wildman–Crippen MR) is 96.5 cm³/mol. The smallest absolute Gasteiger partial charge is 0.323 e. The molecule has 7 heteroatoms. The molecule has 0 bridgehead atoms. The number of aromatic amines is 1. The first kappa shape index (κ1) is 17.3. The minimum absolute atomic E-state index is 0.000947. The molecule has 1 aliphatic carbocycles. The van der Waals surface area contributed by atoms with Crippen LogP contribution in [-0.2, 0) is 4.79 Å². The molecule has 3 amide bonds. The van der Waals surface area contributed by atoms with Crippen LogP contribution in [0, 0.1) is 5.92 Å². The van der Waals surface area contributed by atoms with Crippen LogP contribution in [-0.4, -0.2) is 55.2 Å². The van der Waals surface area contributed by atoms with Gasteiger partial charge in [-0.3, -0.25) is 9.69 Å². The van der Waals surface area contributed by atoms with Crippen LogP contribution < -0.4 is 20.1 Å². The van der Waals surface area contributed by atoms with Gasteiger partial charge in [0.15, 0.2) is 6.67 Å². The van der Waals surface area contributed by atoms with Crippen molar-refractivity contribution in [3.63, 3.8) is 0 Å². The molecular formula is C19H29N5O2+2. The summed E-state index contributed by atoms with van der Waals surface area (Å²) in [6, 6.07) is 5.89. The Labute approximate surface area is 154 Å². The van der Waals surface area contributed by atoms with Crippen LogP contribution in [0.3, 0.4) is 0 Å². The molecule has 140 valence electrons. The highest BCUT2D eigenvalue weighted by molar-refractivity contribution is 6.07. The molecule has 0 radical (unpaired) electrons. The third-order valence-corrected chi connectivity index (χ3v) is 6.39. The topological polar surface area (TPSA) is 71.2 Å². The summed E-state index contributed by atoms with van der Waals surface area (Å²) in [6.45, 7) is 6.25. The van der Waals surface area contributed by atoms with Gasteiger partial charge in [-0.05, 0) is 24.8 Å². The molecule has 2 saturated heterocycles. The number of quaternary nitrogens is 1. The fraction of sp³-hybridized carbons (Fsp3) is 0.632. The highest BCUT2D eigenvalue weighted by Gasteiger charge is 2.55. The second-order valence-corrected chi connectivity index (χ2v) is 7.92. The number of carbonyl (C=O) groups is 2. The van der Waals surface area contributed by atoms with Gasteiger partial charge in [-0.25, -0.2) is 14.7 Å². The molecular weight excluding hydrogens is 330 g/mol. The van der Waals surface area contributed by atoms with E-state index >= 15 is 0 Å². The van der Waals surface area contributed by atoms with E-state index in [2.05, 4.69) is 28.2 Å². The number of hydrogen-bond acceptors (Lipinski definition) is 3. The van der Waals surface area contributed by atoms with Crippen LogP contribution in [0.15, 0.2) is 24.4 Å². The lowest BCUT2D eigenvalue weighted by molar-refractivity contribution is -0.908. The molecule has 7 nitrogen and oxygen atoms in total. The second-order valence-electron chi connectivity index (χ2n) is 7.92. The number of hydrogen-bond donors (Lipinski definition) is 2. The number of piperazine rings is 1. The van der Waals surface area contributed by atoms with E-state index < -0.39 is 5.54 Å². The Bertz CT molecular complexity index is 674. The maximum Gasteiger partial charge on any atom is 0.329 e. The zero-order valence-corrected chi connectivity index (χ0v) is 15.5. The minimum atomic E-state index is -0.643. The van der Waals surface area contributed by atoms with Crippen molar-refractivity contribution >= 4 is 17.8 Å². The van der Waals surface area contributed by atoms with Crippen molar-refractivity contribution in [2.24, 2.45) is 5.92 Å². The van der Waals surface area contributed by atoms with Gasteiger partial charge in [0.2, 0.25) is 0 Å². The van der Waals surface area contributed by atoms with E-state index in [1.54, 1.807) is 0 Å². The van der Waals surface area contributed by atoms with Crippen LogP contribution in [0.1, 0.15) is 32.6 Å². The van der Waals surface area contributed by atoms with Gasteiger partial charge < -0.3 is 10.2 Å². The standard InChI is InChI=1S/C19H27N5O2/c1-15-6-2-4-8-19(15)17(25)24(18(26)21-19)14-22-10-12-23(13-11-22)16-7-3-5-9-20-16/h3,5,7,9,15H,2,4,6,8,10-14H2,1H3,(H,21,26)/p+2/t15-,19+/m0/s1. The number of aromatic nitrogens is 1. The van der Waals surface area contributed by atoms with E-state index in [1.807, 2.05) is 18.3 Å². The molecule has 2 atom stereocenters. The van der Waals surface area contributed by atoms with Gasteiger partial charge in [-0.2, -0.15) is 0 Å². The molecule has 26 heavy (non-hydrogen) atoms. The second kappa shape index (κ2) is 6.87. The summed E-state index contributed by atoms with van der Waals surface area (Å²) in [5, 5.41) is 3.05. The molecule has 2 aliphatic heterocycles. The van der Waals surface area contributed by atoms with Crippen LogP contribution >= 0.6 is 0 Å².